The Morgan fingerprint density at radius 3 is 2.22 bits per heavy atom. The molecule has 3 aromatic heterocycles. The number of hydrogen-bond donors (Lipinski definition) is 0. The Morgan fingerprint density at radius 1 is 0.944 bits per heavy atom. The maximum atomic E-state index is 12.7. The number of aromatic amines is 1. The first-order valence-electron chi connectivity index (χ1n) is 11.6. The monoisotopic (exact) mass is 504 g/mol. The number of aromatic nitrogens is 4. The molecule has 1 saturated heterocycles. The van der Waals surface area contributed by atoms with E-state index in [0.29, 0.717) is 17.4 Å². The SMILES string of the molecule is CS(=O)(=O)c1ccc(-n2ccc(OC3CCN(c4ncc(-c5cc[nH+]cc5)cn4)CC3)cc2=O)cc1. The number of H-pyrrole nitrogens is 1. The van der Waals surface area contributed by atoms with Gasteiger partial charge in [0.1, 0.15) is 11.9 Å². The van der Waals surface area contributed by atoms with E-state index in [9.17, 15) is 13.2 Å². The number of anilines is 1. The fraction of sp³-hybridized carbons (Fsp3) is 0.231. The van der Waals surface area contributed by atoms with Gasteiger partial charge in [0.05, 0.1) is 4.90 Å². The zero-order valence-electron chi connectivity index (χ0n) is 19.7. The van der Waals surface area contributed by atoms with Gasteiger partial charge in [-0.1, -0.05) is 0 Å². The van der Waals surface area contributed by atoms with Crippen LogP contribution in [-0.4, -0.2) is 48.4 Å². The second kappa shape index (κ2) is 9.90. The van der Waals surface area contributed by atoms with Gasteiger partial charge in [0.15, 0.2) is 22.2 Å². The molecule has 0 spiro atoms. The predicted molar refractivity (Wildman–Crippen MR) is 135 cm³/mol. The van der Waals surface area contributed by atoms with Crippen molar-refractivity contribution in [1.29, 1.82) is 0 Å². The van der Waals surface area contributed by atoms with Crippen LogP contribution in [0.3, 0.4) is 0 Å². The smallest absolute Gasteiger partial charge is 0.258 e. The molecule has 1 aliphatic rings. The van der Waals surface area contributed by atoms with Crippen LogP contribution in [0, 0.1) is 0 Å². The van der Waals surface area contributed by atoms with Crippen molar-refractivity contribution in [2.24, 2.45) is 0 Å². The van der Waals surface area contributed by atoms with Crippen molar-refractivity contribution in [1.82, 2.24) is 14.5 Å². The van der Waals surface area contributed by atoms with Crippen LogP contribution in [0.2, 0.25) is 0 Å². The lowest BCUT2D eigenvalue weighted by Gasteiger charge is -2.32. The summed E-state index contributed by atoms with van der Waals surface area (Å²) in [5.41, 5.74) is 2.36. The summed E-state index contributed by atoms with van der Waals surface area (Å²) in [5.74, 6) is 1.22. The Labute approximate surface area is 209 Å². The highest BCUT2D eigenvalue weighted by Gasteiger charge is 2.22. The van der Waals surface area contributed by atoms with E-state index in [1.807, 2.05) is 36.9 Å². The molecule has 5 rings (SSSR count). The first-order valence-corrected chi connectivity index (χ1v) is 13.5. The number of rotatable bonds is 6. The zero-order chi connectivity index (χ0) is 25.1. The number of pyridine rings is 2. The third-order valence-electron chi connectivity index (χ3n) is 6.15. The van der Waals surface area contributed by atoms with Crippen LogP contribution in [0.1, 0.15) is 12.8 Å². The molecule has 0 bridgehead atoms. The predicted octanol–water partition coefficient (Wildman–Crippen LogP) is 2.56. The highest BCUT2D eigenvalue weighted by atomic mass is 32.2. The highest BCUT2D eigenvalue weighted by Crippen LogP contribution is 2.22. The lowest BCUT2D eigenvalue weighted by atomic mass is 10.1. The number of benzene rings is 1. The van der Waals surface area contributed by atoms with Gasteiger partial charge >= 0.3 is 0 Å². The van der Waals surface area contributed by atoms with E-state index < -0.39 is 9.84 Å². The lowest BCUT2D eigenvalue weighted by Crippen LogP contribution is -2.39. The molecule has 0 radical (unpaired) electrons. The van der Waals surface area contributed by atoms with Crippen LogP contribution in [-0.2, 0) is 9.84 Å². The molecule has 9 nitrogen and oxygen atoms in total. The van der Waals surface area contributed by atoms with E-state index in [1.165, 1.54) is 22.8 Å². The van der Waals surface area contributed by atoms with Gasteiger partial charge in [-0.2, -0.15) is 0 Å². The molecule has 36 heavy (non-hydrogen) atoms. The normalized spacial score (nSPS) is 14.5. The van der Waals surface area contributed by atoms with Crippen LogP contribution in [0.4, 0.5) is 5.95 Å². The van der Waals surface area contributed by atoms with Crippen LogP contribution in [0.5, 0.6) is 5.75 Å². The maximum Gasteiger partial charge on any atom is 0.258 e. The molecule has 1 fully saturated rings. The largest absolute Gasteiger partial charge is 0.490 e. The molecule has 4 heterocycles. The summed E-state index contributed by atoms with van der Waals surface area (Å²) in [6.07, 6.45) is 11.8. The van der Waals surface area contributed by atoms with Gasteiger partial charge in [-0.3, -0.25) is 9.36 Å². The number of piperidine rings is 1. The topological polar surface area (TPSA) is 109 Å². The molecule has 1 aromatic carbocycles. The Morgan fingerprint density at radius 2 is 1.61 bits per heavy atom. The van der Waals surface area contributed by atoms with E-state index in [2.05, 4.69) is 19.9 Å². The van der Waals surface area contributed by atoms with Gasteiger partial charge in [0.2, 0.25) is 5.95 Å². The van der Waals surface area contributed by atoms with Crippen LogP contribution in [0.25, 0.3) is 16.8 Å². The van der Waals surface area contributed by atoms with Gasteiger partial charge in [0.25, 0.3) is 5.56 Å². The number of hydrogen-bond acceptors (Lipinski definition) is 7. The van der Waals surface area contributed by atoms with Crippen LogP contribution >= 0.6 is 0 Å². The molecule has 184 valence electrons. The lowest BCUT2D eigenvalue weighted by molar-refractivity contribution is -0.377. The first-order chi connectivity index (χ1) is 17.4. The summed E-state index contributed by atoms with van der Waals surface area (Å²) >= 11 is 0. The van der Waals surface area contributed by atoms with Gasteiger partial charge in [0, 0.05) is 80.2 Å². The summed E-state index contributed by atoms with van der Waals surface area (Å²) in [5, 5.41) is 0. The van der Waals surface area contributed by atoms with Gasteiger partial charge in [-0.25, -0.2) is 23.4 Å². The summed E-state index contributed by atoms with van der Waals surface area (Å²) in [4.78, 5) is 27.1. The second-order valence-corrected chi connectivity index (χ2v) is 10.7. The van der Waals surface area contributed by atoms with Crippen molar-refractivity contribution < 1.29 is 18.1 Å². The van der Waals surface area contributed by atoms with E-state index >= 15 is 0 Å². The summed E-state index contributed by atoms with van der Waals surface area (Å²) < 4.78 is 30.9. The minimum atomic E-state index is -3.29. The molecule has 0 atom stereocenters. The van der Waals surface area contributed by atoms with E-state index in [0.717, 1.165) is 43.3 Å². The van der Waals surface area contributed by atoms with Crippen molar-refractivity contribution in [3.63, 3.8) is 0 Å². The summed E-state index contributed by atoms with van der Waals surface area (Å²) in [6.45, 7) is 1.52. The van der Waals surface area contributed by atoms with Crippen molar-refractivity contribution in [2.45, 2.75) is 23.8 Å². The minimum absolute atomic E-state index is 0.00890. The third-order valence-corrected chi connectivity index (χ3v) is 7.28. The zero-order valence-corrected chi connectivity index (χ0v) is 20.6. The molecular weight excluding hydrogens is 478 g/mol. The number of nitrogens with one attached hydrogen (secondary N) is 1. The Bertz CT molecular complexity index is 1500. The number of sulfone groups is 1. The molecule has 0 saturated carbocycles. The minimum Gasteiger partial charge on any atom is -0.490 e. The molecule has 1 N–H and O–H groups in total. The van der Waals surface area contributed by atoms with E-state index in [-0.39, 0.29) is 16.6 Å². The number of ether oxygens (including phenoxy) is 1. The van der Waals surface area contributed by atoms with E-state index in [1.54, 1.807) is 24.4 Å². The van der Waals surface area contributed by atoms with Crippen LogP contribution in [0.15, 0.2) is 89.2 Å². The van der Waals surface area contributed by atoms with E-state index in [4.69, 9.17) is 4.74 Å². The number of nitrogens with zero attached hydrogens (tertiary/aromatic N) is 4. The Balaban J connectivity index is 1.19. The molecule has 1 aliphatic heterocycles. The first kappa shape index (κ1) is 23.7. The summed E-state index contributed by atoms with van der Waals surface area (Å²) in [7, 11) is -3.29. The summed E-state index contributed by atoms with van der Waals surface area (Å²) in [6, 6.07) is 13.4. The molecule has 10 heteroatoms. The third kappa shape index (κ3) is 5.28. The van der Waals surface area contributed by atoms with Crippen molar-refractivity contribution >= 4 is 15.8 Å². The van der Waals surface area contributed by atoms with Crippen molar-refractivity contribution in [3.05, 3.63) is 89.9 Å². The molecular formula is C26H26N5O4S+. The quantitative estimate of drug-likeness (QED) is 0.397. The van der Waals surface area contributed by atoms with Crippen molar-refractivity contribution in [2.75, 3.05) is 24.2 Å². The Hall–Kier alpha value is -4.05. The standard InChI is InChI=1S/C26H25N5O4S/c1-36(33,34)24-4-2-21(3-5-24)31-15-10-23(16-25(31)32)35-22-8-13-30(14-9-22)26-28-17-20(18-29-26)19-6-11-27-12-7-19/h2-7,10-12,15-18,22H,8-9,13-14H2,1H3/p+1. The molecule has 0 unspecified atom stereocenters. The molecule has 0 amide bonds. The average Bonchev–Trinajstić information content (AvgIpc) is 2.89. The van der Waals surface area contributed by atoms with Crippen molar-refractivity contribution in [3.8, 4) is 22.6 Å². The van der Waals surface area contributed by atoms with Crippen LogP contribution < -0.4 is 20.2 Å². The fourth-order valence-corrected chi connectivity index (χ4v) is 4.81. The highest BCUT2D eigenvalue weighted by molar-refractivity contribution is 7.90. The molecule has 4 aromatic rings. The molecule has 0 aliphatic carbocycles. The fourth-order valence-electron chi connectivity index (χ4n) is 4.18. The Kier molecular flexibility index (Phi) is 6.51. The van der Waals surface area contributed by atoms with Gasteiger partial charge in [-0.15, -0.1) is 0 Å². The maximum absolute atomic E-state index is 12.7. The second-order valence-electron chi connectivity index (χ2n) is 8.70. The van der Waals surface area contributed by atoms with Gasteiger partial charge in [-0.05, 0) is 35.9 Å². The average molecular weight is 505 g/mol. The van der Waals surface area contributed by atoms with Gasteiger partial charge < -0.3 is 9.64 Å².